The zero-order valence-corrected chi connectivity index (χ0v) is 14.6. The molecule has 0 aliphatic heterocycles. The summed E-state index contributed by atoms with van der Waals surface area (Å²) >= 11 is 5.89. The van der Waals surface area contributed by atoms with Crippen LogP contribution in [-0.4, -0.2) is 16.8 Å². The number of carbonyl (C=O) groups is 2. The standard InChI is InChI=1S/C20H16ClN3O2/c21-14-5-3-4-13(10-14)19(25)23-24-20(26)16-11-18(12-8-9-12)22-17-7-2-1-6-15(16)17/h1-7,10-12H,8-9H2,(H,23,25)(H,24,26). The Kier molecular flexibility index (Phi) is 4.31. The minimum absolute atomic E-state index is 0.371. The summed E-state index contributed by atoms with van der Waals surface area (Å²) in [5, 5.41) is 1.21. The molecule has 1 aromatic heterocycles. The average Bonchev–Trinajstić information content (AvgIpc) is 3.50. The van der Waals surface area contributed by atoms with E-state index in [2.05, 4.69) is 15.8 Å². The van der Waals surface area contributed by atoms with Crippen molar-refractivity contribution in [1.82, 2.24) is 15.8 Å². The van der Waals surface area contributed by atoms with Crippen molar-refractivity contribution in [2.24, 2.45) is 0 Å². The first kappa shape index (κ1) is 16.5. The number of fused-ring (bicyclic) bond motifs is 1. The molecule has 2 aromatic carbocycles. The Balaban J connectivity index is 1.57. The molecule has 1 aliphatic carbocycles. The van der Waals surface area contributed by atoms with Crippen LogP contribution in [0.1, 0.15) is 45.2 Å². The molecule has 0 bridgehead atoms. The topological polar surface area (TPSA) is 71.1 Å². The van der Waals surface area contributed by atoms with Gasteiger partial charge in [0.15, 0.2) is 0 Å². The first-order chi connectivity index (χ1) is 12.6. The first-order valence-corrected chi connectivity index (χ1v) is 8.75. The summed E-state index contributed by atoms with van der Waals surface area (Å²) in [5.41, 5.74) is 7.50. The predicted molar refractivity (Wildman–Crippen MR) is 100 cm³/mol. The Morgan fingerprint density at radius 2 is 1.73 bits per heavy atom. The predicted octanol–water partition coefficient (Wildman–Crippen LogP) is 3.84. The maximum Gasteiger partial charge on any atom is 0.270 e. The third kappa shape index (κ3) is 3.39. The van der Waals surface area contributed by atoms with E-state index in [-0.39, 0.29) is 5.91 Å². The van der Waals surface area contributed by atoms with Crippen LogP contribution in [0, 0.1) is 0 Å². The highest BCUT2D eigenvalue weighted by molar-refractivity contribution is 6.31. The molecule has 1 saturated carbocycles. The van der Waals surface area contributed by atoms with Gasteiger partial charge >= 0.3 is 0 Å². The lowest BCUT2D eigenvalue weighted by Crippen LogP contribution is -2.41. The highest BCUT2D eigenvalue weighted by atomic mass is 35.5. The Hall–Kier alpha value is -2.92. The van der Waals surface area contributed by atoms with Gasteiger partial charge in [0, 0.05) is 27.6 Å². The van der Waals surface area contributed by atoms with Crippen LogP contribution in [0.25, 0.3) is 10.9 Å². The van der Waals surface area contributed by atoms with E-state index >= 15 is 0 Å². The van der Waals surface area contributed by atoms with Crippen LogP contribution in [0.3, 0.4) is 0 Å². The number of aromatic nitrogens is 1. The van der Waals surface area contributed by atoms with Gasteiger partial charge in [-0.05, 0) is 43.2 Å². The van der Waals surface area contributed by atoms with Gasteiger partial charge in [-0.3, -0.25) is 25.4 Å². The van der Waals surface area contributed by atoms with Crippen LogP contribution in [0.15, 0.2) is 54.6 Å². The molecule has 1 fully saturated rings. The van der Waals surface area contributed by atoms with Crippen molar-refractivity contribution < 1.29 is 9.59 Å². The summed E-state index contributed by atoms with van der Waals surface area (Å²) in [5.74, 6) is -0.380. The second-order valence-corrected chi connectivity index (χ2v) is 6.74. The number of halogens is 1. The van der Waals surface area contributed by atoms with Crippen molar-refractivity contribution in [3.05, 3.63) is 76.4 Å². The number of nitrogens with zero attached hydrogens (tertiary/aromatic N) is 1. The molecule has 2 N–H and O–H groups in total. The van der Waals surface area contributed by atoms with Crippen LogP contribution in [-0.2, 0) is 0 Å². The van der Waals surface area contributed by atoms with Crippen LogP contribution in [0.4, 0.5) is 0 Å². The summed E-state index contributed by atoms with van der Waals surface area (Å²) < 4.78 is 0. The third-order valence-corrected chi connectivity index (χ3v) is 4.59. The van der Waals surface area contributed by atoms with E-state index in [1.807, 2.05) is 30.3 Å². The van der Waals surface area contributed by atoms with Crippen molar-refractivity contribution >= 4 is 34.3 Å². The number of hydrogen-bond donors (Lipinski definition) is 2. The van der Waals surface area contributed by atoms with Crippen molar-refractivity contribution in [1.29, 1.82) is 0 Å². The number of pyridine rings is 1. The number of benzene rings is 2. The van der Waals surface area contributed by atoms with E-state index in [1.54, 1.807) is 18.2 Å². The zero-order valence-electron chi connectivity index (χ0n) is 13.8. The van der Waals surface area contributed by atoms with E-state index in [4.69, 9.17) is 11.6 Å². The number of hydrazine groups is 1. The van der Waals surface area contributed by atoms with Gasteiger partial charge in [-0.2, -0.15) is 0 Å². The Morgan fingerprint density at radius 3 is 2.50 bits per heavy atom. The number of amides is 2. The SMILES string of the molecule is O=C(NNC(=O)c1cc(C2CC2)nc2ccccc12)c1cccc(Cl)c1. The van der Waals surface area contributed by atoms with E-state index in [0.29, 0.717) is 22.1 Å². The van der Waals surface area contributed by atoms with Gasteiger partial charge in [0.1, 0.15) is 0 Å². The second kappa shape index (κ2) is 6.77. The molecule has 3 aromatic rings. The minimum atomic E-state index is -0.429. The fourth-order valence-corrected chi connectivity index (χ4v) is 3.05. The Labute approximate surface area is 155 Å². The molecular weight excluding hydrogens is 350 g/mol. The molecule has 0 saturated heterocycles. The quantitative estimate of drug-likeness (QED) is 0.693. The molecule has 0 atom stereocenters. The molecule has 4 rings (SSSR count). The molecular formula is C20H16ClN3O2. The van der Waals surface area contributed by atoms with E-state index in [9.17, 15) is 9.59 Å². The zero-order chi connectivity index (χ0) is 18.1. The molecule has 26 heavy (non-hydrogen) atoms. The van der Waals surface area contributed by atoms with Crippen LogP contribution in [0.2, 0.25) is 5.02 Å². The molecule has 2 amide bonds. The lowest BCUT2D eigenvalue weighted by Gasteiger charge is -2.11. The first-order valence-electron chi connectivity index (χ1n) is 8.38. The highest BCUT2D eigenvalue weighted by Gasteiger charge is 2.27. The van der Waals surface area contributed by atoms with Gasteiger partial charge in [0.25, 0.3) is 11.8 Å². The van der Waals surface area contributed by atoms with E-state index in [1.165, 1.54) is 6.07 Å². The van der Waals surface area contributed by atoms with Gasteiger partial charge in [-0.25, -0.2) is 0 Å². The van der Waals surface area contributed by atoms with Crippen molar-refractivity contribution in [2.75, 3.05) is 0 Å². The maximum absolute atomic E-state index is 12.7. The van der Waals surface area contributed by atoms with Gasteiger partial charge in [-0.15, -0.1) is 0 Å². The summed E-state index contributed by atoms with van der Waals surface area (Å²) in [6, 6.07) is 15.8. The summed E-state index contributed by atoms with van der Waals surface area (Å²) in [6.07, 6.45) is 2.19. The fourth-order valence-electron chi connectivity index (χ4n) is 2.85. The summed E-state index contributed by atoms with van der Waals surface area (Å²) in [7, 11) is 0. The smallest absolute Gasteiger partial charge is 0.267 e. The third-order valence-electron chi connectivity index (χ3n) is 4.35. The second-order valence-electron chi connectivity index (χ2n) is 6.30. The lowest BCUT2D eigenvalue weighted by molar-refractivity contribution is 0.0847. The molecule has 1 heterocycles. The monoisotopic (exact) mass is 365 g/mol. The largest absolute Gasteiger partial charge is 0.270 e. The number of hydrogen-bond acceptors (Lipinski definition) is 3. The molecule has 6 heteroatoms. The summed E-state index contributed by atoms with van der Waals surface area (Å²) in [4.78, 5) is 29.5. The molecule has 0 unspecified atom stereocenters. The number of rotatable bonds is 3. The van der Waals surface area contributed by atoms with Crippen molar-refractivity contribution in [3.8, 4) is 0 Å². The van der Waals surface area contributed by atoms with Gasteiger partial charge < -0.3 is 0 Å². The van der Waals surface area contributed by atoms with Crippen molar-refractivity contribution in [3.63, 3.8) is 0 Å². The fraction of sp³-hybridized carbons (Fsp3) is 0.150. The molecule has 1 aliphatic rings. The van der Waals surface area contributed by atoms with E-state index < -0.39 is 5.91 Å². The van der Waals surface area contributed by atoms with Crippen LogP contribution >= 0.6 is 11.6 Å². The minimum Gasteiger partial charge on any atom is -0.267 e. The normalized spacial score (nSPS) is 13.4. The van der Waals surface area contributed by atoms with Gasteiger partial charge in [0.05, 0.1) is 11.1 Å². The van der Waals surface area contributed by atoms with Crippen molar-refractivity contribution in [2.45, 2.75) is 18.8 Å². The number of para-hydroxylation sites is 1. The van der Waals surface area contributed by atoms with Crippen LogP contribution in [0.5, 0.6) is 0 Å². The van der Waals surface area contributed by atoms with E-state index in [0.717, 1.165) is 29.4 Å². The molecule has 0 radical (unpaired) electrons. The van der Waals surface area contributed by atoms with Gasteiger partial charge in [-0.1, -0.05) is 35.9 Å². The molecule has 5 nitrogen and oxygen atoms in total. The number of carbonyl (C=O) groups excluding carboxylic acids is 2. The molecule has 130 valence electrons. The van der Waals surface area contributed by atoms with Crippen LogP contribution < -0.4 is 10.9 Å². The highest BCUT2D eigenvalue weighted by Crippen LogP contribution is 2.40. The van der Waals surface area contributed by atoms with Gasteiger partial charge in [0.2, 0.25) is 0 Å². The number of nitrogens with one attached hydrogen (secondary N) is 2. The Bertz CT molecular complexity index is 1010. The Morgan fingerprint density at radius 1 is 0.962 bits per heavy atom. The molecule has 0 spiro atoms. The average molecular weight is 366 g/mol. The maximum atomic E-state index is 12.7. The summed E-state index contributed by atoms with van der Waals surface area (Å²) in [6.45, 7) is 0. The lowest BCUT2D eigenvalue weighted by atomic mass is 10.1.